The average molecular weight is 621 g/mol. The first-order valence-electron chi connectivity index (χ1n) is 16.9. The molecule has 9 aromatic carbocycles. The zero-order valence-electron chi connectivity index (χ0n) is 26.6. The van der Waals surface area contributed by atoms with Crippen molar-refractivity contribution in [3.05, 3.63) is 170 Å². The Bertz CT molecular complexity index is 2930. The standard InChI is InChI=1S/C48H28O/c1-2-16-35-31(14-1)34-21-9-12-29-13-10-22-38(45(29)34)41-23-11-24-42(47(35)41)48-39-19-5-3-17-36(39)46(37-18-4-6-20-40(37)48)30-26-27-33-32-15-7-8-25-43(32)49-44(33)28-30/h1-28H. The molecule has 0 spiro atoms. The molecule has 1 heteroatoms. The smallest absolute Gasteiger partial charge is 0.136 e. The van der Waals surface area contributed by atoms with Crippen LogP contribution in [0.15, 0.2) is 174 Å². The highest BCUT2D eigenvalue weighted by molar-refractivity contribution is 6.25. The van der Waals surface area contributed by atoms with Gasteiger partial charge in [0.25, 0.3) is 0 Å². The van der Waals surface area contributed by atoms with Gasteiger partial charge in [-0.25, -0.2) is 0 Å². The van der Waals surface area contributed by atoms with Gasteiger partial charge in [-0.05, 0) is 106 Å². The van der Waals surface area contributed by atoms with Crippen molar-refractivity contribution in [2.45, 2.75) is 0 Å². The van der Waals surface area contributed by atoms with Crippen LogP contribution < -0.4 is 0 Å². The second-order valence-electron chi connectivity index (χ2n) is 13.1. The van der Waals surface area contributed by atoms with Gasteiger partial charge in [-0.2, -0.15) is 0 Å². The Morgan fingerprint density at radius 3 is 1.53 bits per heavy atom. The van der Waals surface area contributed by atoms with E-state index in [1.807, 2.05) is 6.07 Å². The highest BCUT2D eigenvalue weighted by atomic mass is 16.3. The second kappa shape index (κ2) is 10.0. The molecule has 0 amide bonds. The molecule has 1 heterocycles. The van der Waals surface area contributed by atoms with Crippen LogP contribution in [0.3, 0.4) is 0 Å². The predicted octanol–water partition coefficient (Wildman–Crippen LogP) is 13.7. The number of furan rings is 1. The lowest BCUT2D eigenvalue weighted by atomic mass is 9.81. The van der Waals surface area contributed by atoms with Crippen molar-refractivity contribution >= 4 is 54.3 Å². The molecule has 0 N–H and O–H groups in total. The average Bonchev–Trinajstić information content (AvgIpc) is 3.48. The van der Waals surface area contributed by atoms with Crippen LogP contribution in [0, 0.1) is 0 Å². The first-order valence-corrected chi connectivity index (χ1v) is 16.9. The normalized spacial score (nSPS) is 12.1. The predicted molar refractivity (Wildman–Crippen MR) is 207 cm³/mol. The van der Waals surface area contributed by atoms with Crippen LogP contribution in [-0.4, -0.2) is 0 Å². The summed E-state index contributed by atoms with van der Waals surface area (Å²) >= 11 is 0. The van der Waals surface area contributed by atoms with E-state index < -0.39 is 0 Å². The van der Waals surface area contributed by atoms with Gasteiger partial charge in [0.2, 0.25) is 0 Å². The van der Waals surface area contributed by atoms with Gasteiger partial charge in [-0.15, -0.1) is 0 Å². The van der Waals surface area contributed by atoms with Gasteiger partial charge in [-0.3, -0.25) is 0 Å². The van der Waals surface area contributed by atoms with Crippen LogP contribution in [-0.2, 0) is 0 Å². The Labute approximate surface area is 283 Å². The van der Waals surface area contributed by atoms with Crippen LogP contribution in [0.25, 0.3) is 110 Å². The summed E-state index contributed by atoms with van der Waals surface area (Å²) in [7, 11) is 0. The molecule has 1 aliphatic rings. The topological polar surface area (TPSA) is 13.1 Å². The molecule has 0 saturated heterocycles. The van der Waals surface area contributed by atoms with Gasteiger partial charge in [-0.1, -0.05) is 152 Å². The van der Waals surface area contributed by atoms with Gasteiger partial charge in [0.05, 0.1) is 0 Å². The molecular weight excluding hydrogens is 593 g/mol. The van der Waals surface area contributed by atoms with Crippen LogP contribution in [0.1, 0.15) is 0 Å². The van der Waals surface area contributed by atoms with Crippen LogP contribution in [0.2, 0.25) is 0 Å². The number of hydrogen-bond donors (Lipinski definition) is 0. The molecule has 11 rings (SSSR count). The van der Waals surface area contributed by atoms with Crippen molar-refractivity contribution in [1.29, 1.82) is 0 Å². The minimum absolute atomic E-state index is 0.912. The summed E-state index contributed by atoms with van der Waals surface area (Å²) in [4.78, 5) is 0. The lowest BCUT2D eigenvalue weighted by molar-refractivity contribution is 0.669. The van der Waals surface area contributed by atoms with Crippen molar-refractivity contribution in [2.24, 2.45) is 0 Å². The molecule has 0 saturated carbocycles. The van der Waals surface area contributed by atoms with E-state index in [-0.39, 0.29) is 0 Å². The summed E-state index contributed by atoms with van der Waals surface area (Å²) in [5.74, 6) is 0. The fraction of sp³-hybridized carbons (Fsp3) is 0. The van der Waals surface area contributed by atoms with E-state index in [0.717, 1.165) is 27.5 Å². The maximum absolute atomic E-state index is 6.39. The third-order valence-corrected chi connectivity index (χ3v) is 10.6. The molecule has 226 valence electrons. The van der Waals surface area contributed by atoms with Crippen molar-refractivity contribution in [3.63, 3.8) is 0 Å². The first kappa shape index (κ1) is 26.6. The van der Waals surface area contributed by atoms with E-state index in [9.17, 15) is 0 Å². The minimum atomic E-state index is 0.912. The highest BCUT2D eigenvalue weighted by Gasteiger charge is 2.26. The van der Waals surface area contributed by atoms with Crippen molar-refractivity contribution in [3.8, 4) is 55.6 Å². The van der Waals surface area contributed by atoms with E-state index in [2.05, 4.69) is 164 Å². The number of rotatable bonds is 2. The zero-order valence-corrected chi connectivity index (χ0v) is 26.6. The molecule has 49 heavy (non-hydrogen) atoms. The summed E-state index contributed by atoms with van der Waals surface area (Å²) in [6.07, 6.45) is 0. The molecular formula is C48H28O. The van der Waals surface area contributed by atoms with Crippen molar-refractivity contribution in [1.82, 2.24) is 0 Å². The molecule has 1 aliphatic carbocycles. The Morgan fingerprint density at radius 1 is 0.286 bits per heavy atom. The lowest BCUT2D eigenvalue weighted by Crippen LogP contribution is -1.94. The number of fused-ring (bicyclic) bond motifs is 10. The van der Waals surface area contributed by atoms with Crippen LogP contribution >= 0.6 is 0 Å². The number of para-hydroxylation sites is 1. The van der Waals surface area contributed by atoms with Crippen molar-refractivity contribution in [2.75, 3.05) is 0 Å². The summed E-state index contributed by atoms with van der Waals surface area (Å²) in [6.45, 7) is 0. The first-order chi connectivity index (χ1) is 24.3. The number of benzene rings is 9. The van der Waals surface area contributed by atoms with E-state index in [0.29, 0.717) is 0 Å². The molecule has 0 fully saturated rings. The molecule has 0 radical (unpaired) electrons. The monoisotopic (exact) mass is 620 g/mol. The molecule has 1 nitrogen and oxygen atoms in total. The van der Waals surface area contributed by atoms with Gasteiger partial charge in [0.15, 0.2) is 0 Å². The van der Waals surface area contributed by atoms with Gasteiger partial charge in [0, 0.05) is 10.8 Å². The van der Waals surface area contributed by atoms with Crippen molar-refractivity contribution < 1.29 is 4.42 Å². The molecule has 0 aliphatic heterocycles. The van der Waals surface area contributed by atoms with E-state index in [1.165, 1.54) is 82.4 Å². The fourth-order valence-corrected chi connectivity index (χ4v) is 8.61. The van der Waals surface area contributed by atoms with Gasteiger partial charge >= 0.3 is 0 Å². The SMILES string of the molecule is c1ccc2c(c1)-c1c(-c3c4ccccc4c(-c4ccc5c(c4)oc4ccccc45)c4ccccc34)cccc1-c1cccc3cccc-2c13. The Kier molecular flexibility index (Phi) is 5.45. The maximum atomic E-state index is 6.39. The summed E-state index contributed by atoms with van der Waals surface area (Å²) in [6, 6.07) is 62.2. The maximum Gasteiger partial charge on any atom is 0.136 e. The fourth-order valence-electron chi connectivity index (χ4n) is 8.61. The van der Waals surface area contributed by atoms with E-state index >= 15 is 0 Å². The van der Waals surface area contributed by atoms with Crippen LogP contribution in [0.5, 0.6) is 0 Å². The van der Waals surface area contributed by atoms with E-state index in [1.54, 1.807) is 0 Å². The lowest BCUT2D eigenvalue weighted by Gasteiger charge is -2.21. The molecule has 0 unspecified atom stereocenters. The molecule has 0 bridgehead atoms. The van der Waals surface area contributed by atoms with E-state index in [4.69, 9.17) is 4.42 Å². The largest absolute Gasteiger partial charge is 0.456 e. The van der Waals surface area contributed by atoms with Gasteiger partial charge in [0.1, 0.15) is 11.2 Å². The van der Waals surface area contributed by atoms with Crippen LogP contribution in [0.4, 0.5) is 0 Å². The number of hydrogen-bond acceptors (Lipinski definition) is 1. The summed E-state index contributed by atoms with van der Waals surface area (Å²) in [5.41, 5.74) is 14.4. The second-order valence-corrected chi connectivity index (χ2v) is 13.1. The highest BCUT2D eigenvalue weighted by Crippen LogP contribution is 2.53. The molecule has 0 atom stereocenters. The Balaban J connectivity index is 1.26. The molecule has 10 aromatic rings. The third kappa shape index (κ3) is 3.70. The minimum Gasteiger partial charge on any atom is -0.456 e. The zero-order chi connectivity index (χ0) is 32.1. The quantitative estimate of drug-likeness (QED) is 0.175. The molecule has 1 aromatic heterocycles. The Morgan fingerprint density at radius 2 is 0.796 bits per heavy atom. The third-order valence-electron chi connectivity index (χ3n) is 10.6. The summed E-state index contributed by atoms with van der Waals surface area (Å²) in [5, 5.41) is 9.83. The Hall–Kier alpha value is -6.44. The summed E-state index contributed by atoms with van der Waals surface area (Å²) < 4.78 is 6.39. The van der Waals surface area contributed by atoms with Gasteiger partial charge < -0.3 is 4.42 Å².